The maximum absolute atomic E-state index is 11.6. The van der Waals surface area contributed by atoms with Gasteiger partial charge in [-0.25, -0.2) is 4.79 Å². The summed E-state index contributed by atoms with van der Waals surface area (Å²) in [6.07, 6.45) is 2.20. The predicted octanol–water partition coefficient (Wildman–Crippen LogP) is 2.86. The Morgan fingerprint density at radius 1 is 1.44 bits per heavy atom. The van der Waals surface area contributed by atoms with E-state index in [1.165, 1.54) is 7.11 Å². The number of esters is 1. The van der Waals surface area contributed by atoms with Crippen molar-refractivity contribution in [3.8, 4) is 11.3 Å². The lowest BCUT2D eigenvalue weighted by atomic mass is 10.0. The highest BCUT2D eigenvalue weighted by Crippen LogP contribution is 2.27. The third kappa shape index (κ3) is 2.18. The summed E-state index contributed by atoms with van der Waals surface area (Å²) in [6, 6.07) is 9.50. The molecule has 0 amide bonds. The zero-order valence-electron chi connectivity index (χ0n) is 10.1. The molecule has 0 aliphatic rings. The molecule has 0 saturated carbocycles. The Morgan fingerprint density at radius 2 is 2.17 bits per heavy atom. The molecular weight excluding hydrogens is 230 g/mol. The third-order valence-electron chi connectivity index (χ3n) is 2.55. The van der Waals surface area contributed by atoms with Crippen LogP contribution >= 0.6 is 0 Å². The molecule has 2 rings (SSSR count). The van der Waals surface area contributed by atoms with Crippen LogP contribution in [-0.4, -0.2) is 18.2 Å². The van der Waals surface area contributed by atoms with Crippen LogP contribution in [0.2, 0.25) is 0 Å². The van der Waals surface area contributed by atoms with Crippen molar-refractivity contribution in [2.45, 2.75) is 6.42 Å². The Balaban J connectivity index is 2.52. The van der Waals surface area contributed by atoms with Gasteiger partial charge >= 0.3 is 5.97 Å². The normalized spacial score (nSPS) is 10.1. The Hall–Kier alpha value is -2.36. The van der Waals surface area contributed by atoms with E-state index >= 15 is 0 Å². The summed E-state index contributed by atoms with van der Waals surface area (Å²) >= 11 is 0. The molecule has 0 fully saturated rings. The molecule has 1 heterocycles. The SMILES string of the molecule is C=CCc1c(C(=O)OC)noc1-c1ccccc1. The Morgan fingerprint density at radius 3 is 2.78 bits per heavy atom. The van der Waals surface area contributed by atoms with E-state index in [2.05, 4.69) is 16.5 Å². The predicted molar refractivity (Wildman–Crippen MR) is 67.2 cm³/mol. The number of allylic oxidation sites excluding steroid dienone is 1. The summed E-state index contributed by atoms with van der Waals surface area (Å²) in [6.45, 7) is 3.68. The summed E-state index contributed by atoms with van der Waals surface area (Å²) in [5.41, 5.74) is 1.77. The van der Waals surface area contributed by atoms with Gasteiger partial charge < -0.3 is 9.26 Å². The van der Waals surface area contributed by atoms with Gasteiger partial charge in [0.05, 0.1) is 7.11 Å². The lowest BCUT2D eigenvalue weighted by molar-refractivity contribution is 0.0588. The van der Waals surface area contributed by atoms with E-state index in [0.717, 1.165) is 5.56 Å². The first-order chi connectivity index (χ1) is 8.77. The van der Waals surface area contributed by atoms with Gasteiger partial charge in [0.15, 0.2) is 11.5 Å². The molecule has 2 aromatic rings. The van der Waals surface area contributed by atoms with Crippen LogP contribution < -0.4 is 0 Å². The number of hydrogen-bond donors (Lipinski definition) is 0. The molecule has 4 nitrogen and oxygen atoms in total. The second-order valence-corrected chi connectivity index (χ2v) is 3.69. The van der Waals surface area contributed by atoms with E-state index in [1.54, 1.807) is 6.08 Å². The monoisotopic (exact) mass is 243 g/mol. The second kappa shape index (κ2) is 5.31. The largest absolute Gasteiger partial charge is 0.464 e. The lowest BCUT2D eigenvalue weighted by Crippen LogP contribution is -2.05. The number of aromatic nitrogens is 1. The van der Waals surface area contributed by atoms with Crippen LogP contribution in [0.3, 0.4) is 0 Å². The maximum atomic E-state index is 11.6. The van der Waals surface area contributed by atoms with Gasteiger partial charge in [-0.1, -0.05) is 41.6 Å². The van der Waals surface area contributed by atoms with E-state index in [0.29, 0.717) is 17.7 Å². The summed E-state index contributed by atoms with van der Waals surface area (Å²) in [7, 11) is 1.32. The van der Waals surface area contributed by atoms with Crippen molar-refractivity contribution in [3.05, 3.63) is 54.2 Å². The van der Waals surface area contributed by atoms with Crippen molar-refractivity contribution in [3.63, 3.8) is 0 Å². The third-order valence-corrected chi connectivity index (χ3v) is 2.55. The quantitative estimate of drug-likeness (QED) is 0.612. The molecule has 1 aromatic heterocycles. The summed E-state index contributed by atoms with van der Waals surface area (Å²) in [5.74, 6) is 0.0775. The van der Waals surface area contributed by atoms with E-state index in [-0.39, 0.29) is 5.69 Å². The Labute approximate surface area is 105 Å². The fourth-order valence-electron chi connectivity index (χ4n) is 1.72. The van der Waals surface area contributed by atoms with Gasteiger partial charge in [0.25, 0.3) is 0 Å². The van der Waals surface area contributed by atoms with Crippen LogP contribution in [0.5, 0.6) is 0 Å². The number of ether oxygens (including phenoxy) is 1. The van der Waals surface area contributed by atoms with Crippen molar-refractivity contribution in [2.24, 2.45) is 0 Å². The number of carbonyl (C=O) groups is 1. The van der Waals surface area contributed by atoms with E-state index in [4.69, 9.17) is 4.52 Å². The fourth-order valence-corrected chi connectivity index (χ4v) is 1.72. The summed E-state index contributed by atoms with van der Waals surface area (Å²) < 4.78 is 9.94. The van der Waals surface area contributed by atoms with Crippen LogP contribution in [-0.2, 0) is 11.2 Å². The number of methoxy groups -OCH3 is 1. The molecular formula is C14H13NO3. The lowest BCUT2D eigenvalue weighted by Gasteiger charge is -2.00. The number of nitrogens with zero attached hydrogens (tertiary/aromatic N) is 1. The molecule has 0 bridgehead atoms. The van der Waals surface area contributed by atoms with Crippen molar-refractivity contribution in [1.82, 2.24) is 5.16 Å². The van der Waals surface area contributed by atoms with Crippen LogP contribution in [0, 0.1) is 0 Å². The van der Waals surface area contributed by atoms with Crippen molar-refractivity contribution >= 4 is 5.97 Å². The molecule has 0 aliphatic heterocycles. The number of hydrogen-bond acceptors (Lipinski definition) is 4. The molecule has 92 valence electrons. The number of carbonyl (C=O) groups excluding carboxylic acids is 1. The summed E-state index contributed by atoms with van der Waals surface area (Å²) in [4.78, 5) is 11.6. The van der Waals surface area contributed by atoms with Gasteiger partial charge in [-0.2, -0.15) is 0 Å². The minimum absolute atomic E-state index is 0.205. The molecule has 0 aliphatic carbocycles. The average molecular weight is 243 g/mol. The zero-order chi connectivity index (χ0) is 13.0. The molecule has 0 radical (unpaired) electrons. The Kier molecular flexibility index (Phi) is 3.57. The summed E-state index contributed by atoms with van der Waals surface area (Å²) in [5, 5.41) is 3.78. The van der Waals surface area contributed by atoms with Crippen molar-refractivity contribution < 1.29 is 14.1 Å². The standard InChI is InChI=1S/C14H13NO3/c1-3-7-11-12(14(16)17-2)15-18-13(11)10-8-5-4-6-9-10/h3-6,8-9H,1,7H2,2H3. The van der Waals surface area contributed by atoms with Gasteiger partial charge in [0.1, 0.15) is 0 Å². The number of rotatable bonds is 4. The fraction of sp³-hybridized carbons (Fsp3) is 0.143. The molecule has 0 spiro atoms. The molecule has 0 N–H and O–H groups in total. The smallest absolute Gasteiger partial charge is 0.360 e. The van der Waals surface area contributed by atoms with Gasteiger partial charge in [-0.3, -0.25) is 0 Å². The molecule has 0 atom stereocenters. The van der Waals surface area contributed by atoms with Crippen LogP contribution in [0.1, 0.15) is 16.1 Å². The van der Waals surface area contributed by atoms with Gasteiger partial charge in [-0.15, -0.1) is 6.58 Å². The van der Waals surface area contributed by atoms with Crippen LogP contribution in [0.15, 0.2) is 47.5 Å². The topological polar surface area (TPSA) is 52.3 Å². The molecule has 1 aromatic carbocycles. The molecule has 4 heteroatoms. The Bertz CT molecular complexity index is 558. The first kappa shape index (κ1) is 12.1. The highest BCUT2D eigenvalue weighted by Gasteiger charge is 2.22. The van der Waals surface area contributed by atoms with E-state index < -0.39 is 5.97 Å². The first-order valence-electron chi connectivity index (χ1n) is 5.51. The van der Waals surface area contributed by atoms with Crippen LogP contribution in [0.25, 0.3) is 11.3 Å². The molecule has 0 unspecified atom stereocenters. The average Bonchev–Trinajstić information content (AvgIpc) is 2.83. The van der Waals surface area contributed by atoms with Gasteiger partial charge in [-0.05, 0) is 6.42 Å². The van der Waals surface area contributed by atoms with Crippen molar-refractivity contribution in [1.29, 1.82) is 0 Å². The maximum Gasteiger partial charge on any atom is 0.360 e. The van der Waals surface area contributed by atoms with Crippen LogP contribution in [0.4, 0.5) is 0 Å². The highest BCUT2D eigenvalue weighted by atomic mass is 16.5. The highest BCUT2D eigenvalue weighted by molar-refractivity contribution is 5.90. The minimum atomic E-state index is -0.502. The van der Waals surface area contributed by atoms with Gasteiger partial charge in [0, 0.05) is 11.1 Å². The van der Waals surface area contributed by atoms with Crippen molar-refractivity contribution in [2.75, 3.05) is 7.11 Å². The zero-order valence-corrected chi connectivity index (χ0v) is 10.1. The first-order valence-corrected chi connectivity index (χ1v) is 5.51. The second-order valence-electron chi connectivity index (χ2n) is 3.69. The molecule has 18 heavy (non-hydrogen) atoms. The van der Waals surface area contributed by atoms with Gasteiger partial charge in [0.2, 0.25) is 0 Å². The number of benzene rings is 1. The molecule has 0 saturated heterocycles. The van der Waals surface area contributed by atoms with E-state index in [9.17, 15) is 4.79 Å². The van der Waals surface area contributed by atoms with E-state index in [1.807, 2.05) is 30.3 Å². The minimum Gasteiger partial charge on any atom is -0.464 e.